The fraction of sp³-hybridized carbons (Fsp3) is 0.333. The van der Waals surface area contributed by atoms with E-state index in [0.717, 1.165) is 52.9 Å². The summed E-state index contributed by atoms with van der Waals surface area (Å²) < 4.78 is 54.4. The zero-order chi connectivity index (χ0) is 28.1. The van der Waals surface area contributed by atoms with Crippen LogP contribution in [0.2, 0.25) is 0 Å². The molecule has 0 saturated heterocycles. The Kier molecular flexibility index (Phi) is 6.88. The van der Waals surface area contributed by atoms with Crippen LogP contribution in [-0.4, -0.2) is 44.0 Å². The van der Waals surface area contributed by atoms with Crippen molar-refractivity contribution >= 4 is 23.0 Å². The molecule has 204 valence electrons. The minimum atomic E-state index is -1.64. The number of nitrogens with zero attached hydrogens (tertiary/aromatic N) is 3. The third-order valence-corrected chi connectivity index (χ3v) is 7.11. The monoisotopic (exact) mass is 537 g/mol. The van der Waals surface area contributed by atoms with E-state index in [0.29, 0.717) is 17.8 Å². The number of benzene rings is 2. The summed E-state index contributed by atoms with van der Waals surface area (Å²) in [4.78, 5) is 12.6. The zero-order valence-electron chi connectivity index (χ0n) is 22.2. The van der Waals surface area contributed by atoms with E-state index < -0.39 is 29.3 Å². The van der Waals surface area contributed by atoms with Crippen molar-refractivity contribution in [3.8, 4) is 11.1 Å². The SMILES string of the molecule is CCn1cc(-c2ccc3oc4c(c3c2)C[C@H](C)N(CC(C)(C)F)[C@H]4c2c(F)cc(/C=C/C(=O)O)cc2F)cn1. The molecule has 3 heterocycles. The highest BCUT2D eigenvalue weighted by molar-refractivity contribution is 5.88. The fourth-order valence-electron chi connectivity index (χ4n) is 5.39. The van der Waals surface area contributed by atoms with Crippen LogP contribution in [0.1, 0.15) is 56.2 Å². The molecule has 4 aromatic rings. The number of rotatable bonds is 7. The maximum absolute atomic E-state index is 15.6. The number of halogens is 3. The standard InChI is InChI=1S/C30H30F3N3O3/c1-5-35-15-20(14-34-35)19-7-8-25-21(13-19)22-10-17(2)36(16-30(3,4)33)28(29(22)39-25)27-23(31)11-18(12-24(27)32)6-9-26(37)38/h6-9,11-15,17,28H,5,10,16H2,1-4H3,(H,37,38)/b9-6+/t17-,28-/m0/s1. The van der Waals surface area contributed by atoms with Gasteiger partial charge in [0.05, 0.1) is 6.20 Å². The molecule has 5 rings (SSSR count). The van der Waals surface area contributed by atoms with Gasteiger partial charge in [0.25, 0.3) is 0 Å². The number of aryl methyl sites for hydroxylation is 1. The van der Waals surface area contributed by atoms with Crippen LogP contribution in [0.15, 0.2) is 53.2 Å². The van der Waals surface area contributed by atoms with Crippen LogP contribution in [0.25, 0.3) is 28.2 Å². The van der Waals surface area contributed by atoms with Gasteiger partial charge in [-0.05, 0) is 75.6 Å². The number of carboxylic acid groups (broad SMARTS) is 1. The Morgan fingerprint density at radius 3 is 2.54 bits per heavy atom. The second-order valence-corrected chi connectivity index (χ2v) is 10.7. The Morgan fingerprint density at radius 2 is 1.92 bits per heavy atom. The molecule has 0 fully saturated rings. The number of furan rings is 1. The number of alkyl halides is 1. The summed E-state index contributed by atoms with van der Waals surface area (Å²) in [5.74, 6) is -2.58. The molecule has 0 amide bonds. The van der Waals surface area contributed by atoms with Crippen molar-refractivity contribution in [3.63, 3.8) is 0 Å². The topological polar surface area (TPSA) is 71.5 Å². The van der Waals surface area contributed by atoms with Crippen LogP contribution >= 0.6 is 0 Å². The zero-order valence-corrected chi connectivity index (χ0v) is 22.2. The van der Waals surface area contributed by atoms with Crippen molar-refractivity contribution in [1.29, 1.82) is 0 Å². The molecule has 2 aromatic heterocycles. The quantitative estimate of drug-likeness (QED) is 0.263. The number of carboxylic acids is 1. The second kappa shape index (κ2) is 10.0. The third-order valence-electron chi connectivity index (χ3n) is 7.11. The van der Waals surface area contributed by atoms with E-state index >= 15 is 8.78 Å². The third kappa shape index (κ3) is 5.23. The molecule has 0 radical (unpaired) electrons. The summed E-state index contributed by atoms with van der Waals surface area (Å²) in [6.07, 6.45) is 6.19. The predicted molar refractivity (Wildman–Crippen MR) is 143 cm³/mol. The number of hydrogen-bond acceptors (Lipinski definition) is 4. The first-order chi connectivity index (χ1) is 18.4. The number of carbonyl (C=O) groups is 1. The van der Waals surface area contributed by atoms with Gasteiger partial charge in [-0.15, -0.1) is 0 Å². The Balaban J connectivity index is 1.68. The van der Waals surface area contributed by atoms with Gasteiger partial charge in [0.2, 0.25) is 0 Å². The summed E-state index contributed by atoms with van der Waals surface area (Å²) in [5.41, 5.74) is 1.45. The highest BCUT2D eigenvalue weighted by Crippen LogP contribution is 2.45. The average molecular weight is 538 g/mol. The summed E-state index contributed by atoms with van der Waals surface area (Å²) in [7, 11) is 0. The van der Waals surface area contributed by atoms with Gasteiger partial charge >= 0.3 is 5.97 Å². The lowest BCUT2D eigenvalue weighted by Gasteiger charge is -2.42. The van der Waals surface area contributed by atoms with Crippen LogP contribution in [0.4, 0.5) is 13.2 Å². The Hall–Kier alpha value is -3.85. The van der Waals surface area contributed by atoms with E-state index in [1.165, 1.54) is 13.8 Å². The highest BCUT2D eigenvalue weighted by Gasteiger charge is 2.42. The summed E-state index contributed by atoms with van der Waals surface area (Å²) in [6.45, 7) is 7.45. The van der Waals surface area contributed by atoms with Crippen molar-refractivity contribution in [2.45, 2.75) is 58.4 Å². The van der Waals surface area contributed by atoms with E-state index in [2.05, 4.69) is 5.10 Å². The van der Waals surface area contributed by atoms with Crippen LogP contribution in [0, 0.1) is 11.6 Å². The molecule has 1 aliphatic rings. The van der Waals surface area contributed by atoms with Gasteiger partial charge in [-0.25, -0.2) is 18.0 Å². The van der Waals surface area contributed by atoms with E-state index in [4.69, 9.17) is 9.52 Å². The van der Waals surface area contributed by atoms with Crippen LogP contribution in [-0.2, 0) is 17.8 Å². The number of hydrogen-bond donors (Lipinski definition) is 1. The van der Waals surface area contributed by atoms with Crippen molar-refractivity contribution < 1.29 is 27.5 Å². The molecule has 9 heteroatoms. The average Bonchev–Trinajstić information content (AvgIpc) is 3.48. The van der Waals surface area contributed by atoms with Gasteiger partial charge in [-0.1, -0.05) is 6.07 Å². The Bertz CT molecular complexity index is 1560. The van der Waals surface area contributed by atoms with Crippen molar-refractivity contribution in [3.05, 3.63) is 82.9 Å². The summed E-state index contributed by atoms with van der Waals surface area (Å²) in [6, 6.07) is 6.65. The Labute approximate surface area is 224 Å². The molecule has 1 aliphatic heterocycles. The van der Waals surface area contributed by atoms with Gasteiger partial charge in [0.15, 0.2) is 0 Å². The lowest BCUT2D eigenvalue weighted by Crippen LogP contribution is -2.48. The molecule has 2 atom stereocenters. The number of aliphatic carboxylic acids is 1. The van der Waals surface area contributed by atoms with Crippen molar-refractivity contribution in [2.24, 2.45) is 0 Å². The van der Waals surface area contributed by atoms with Crippen LogP contribution in [0.5, 0.6) is 0 Å². The van der Waals surface area contributed by atoms with E-state index in [-0.39, 0.29) is 23.7 Å². The van der Waals surface area contributed by atoms with Gasteiger partial charge in [0.1, 0.15) is 34.7 Å². The first kappa shape index (κ1) is 26.7. The second-order valence-electron chi connectivity index (χ2n) is 10.7. The van der Waals surface area contributed by atoms with Crippen molar-refractivity contribution in [1.82, 2.24) is 14.7 Å². The molecular weight excluding hydrogens is 507 g/mol. The molecule has 39 heavy (non-hydrogen) atoms. The molecule has 0 saturated carbocycles. The molecule has 0 unspecified atom stereocenters. The normalized spacial score (nSPS) is 18.2. The molecule has 6 nitrogen and oxygen atoms in total. The van der Waals surface area contributed by atoms with E-state index in [1.807, 2.05) is 42.9 Å². The summed E-state index contributed by atoms with van der Waals surface area (Å²) in [5, 5.41) is 14.1. The lowest BCUT2D eigenvalue weighted by molar-refractivity contribution is -0.131. The predicted octanol–water partition coefficient (Wildman–Crippen LogP) is 6.78. The van der Waals surface area contributed by atoms with Gasteiger partial charge in [-0.2, -0.15) is 5.10 Å². The highest BCUT2D eigenvalue weighted by atomic mass is 19.1. The van der Waals surface area contributed by atoms with Crippen LogP contribution < -0.4 is 0 Å². The fourth-order valence-corrected chi connectivity index (χ4v) is 5.39. The molecule has 1 N–H and O–H groups in total. The smallest absolute Gasteiger partial charge is 0.328 e. The maximum atomic E-state index is 15.6. The van der Waals surface area contributed by atoms with Crippen molar-refractivity contribution in [2.75, 3.05) is 6.54 Å². The Morgan fingerprint density at radius 1 is 1.21 bits per heavy atom. The van der Waals surface area contributed by atoms with Crippen LogP contribution in [0.3, 0.4) is 0 Å². The van der Waals surface area contributed by atoms with Gasteiger partial charge in [0, 0.05) is 53.5 Å². The number of aromatic nitrogens is 2. The van der Waals surface area contributed by atoms with Gasteiger partial charge in [-0.3, -0.25) is 9.58 Å². The molecular formula is C30H30F3N3O3. The molecule has 0 spiro atoms. The first-order valence-electron chi connectivity index (χ1n) is 12.9. The minimum Gasteiger partial charge on any atom is -0.478 e. The maximum Gasteiger partial charge on any atom is 0.328 e. The first-order valence-corrected chi connectivity index (χ1v) is 12.9. The van der Waals surface area contributed by atoms with E-state index in [9.17, 15) is 9.18 Å². The minimum absolute atomic E-state index is 0.0690. The van der Waals surface area contributed by atoms with E-state index in [1.54, 1.807) is 11.1 Å². The van der Waals surface area contributed by atoms with Gasteiger partial charge < -0.3 is 9.52 Å². The molecule has 0 aliphatic carbocycles. The molecule has 2 aromatic carbocycles. The largest absolute Gasteiger partial charge is 0.478 e. The number of fused-ring (bicyclic) bond motifs is 3. The molecule has 0 bridgehead atoms. The lowest BCUT2D eigenvalue weighted by atomic mass is 9.87. The summed E-state index contributed by atoms with van der Waals surface area (Å²) >= 11 is 0.